The van der Waals surface area contributed by atoms with Crippen LogP contribution in [-0.2, 0) is 4.79 Å². The standard InChI is InChI=1S/C14H20BrNO2/c1-10(12-3-5-13(15)6-4-12)9-14(18)16-8-7-11(2)17/h3-6,10-11,17H,7-9H2,1-2H3,(H,16,18). The number of amides is 1. The Morgan fingerprint density at radius 2 is 1.94 bits per heavy atom. The van der Waals surface area contributed by atoms with Gasteiger partial charge in [0, 0.05) is 17.4 Å². The lowest BCUT2D eigenvalue weighted by atomic mass is 9.97. The van der Waals surface area contributed by atoms with Gasteiger partial charge in [-0.25, -0.2) is 0 Å². The van der Waals surface area contributed by atoms with E-state index in [-0.39, 0.29) is 17.9 Å². The van der Waals surface area contributed by atoms with E-state index in [2.05, 4.69) is 21.2 Å². The van der Waals surface area contributed by atoms with Crippen molar-refractivity contribution in [1.29, 1.82) is 0 Å². The zero-order valence-electron chi connectivity index (χ0n) is 10.8. The molecule has 2 atom stereocenters. The summed E-state index contributed by atoms with van der Waals surface area (Å²) in [4.78, 5) is 11.7. The van der Waals surface area contributed by atoms with Crippen molar-refractivity contribution in [2.45, 2.75) is 38.7 Å². The second-order valence-corrected chi connectivity index (χ2v) is 5.56. The lowest BCUT2D eigenvalue weighted by molar-refractivity contribution is -0.121. The van der Waals surface area contributed by atoms with Crippen LogP contribution in [-0.4, -0.2) is 23.7 Å². The van der Waals surface area contributed by atoms with Crippen LogP contribution in [0.2, 0.25) is 0 Å². The van der Waals surface area contributed by atoms with Crippen molar-refractivity contribution in [1.82, 2.24) is 5.32 Å². The van der Waals surface area contributed by atoms with Gasteiger partial charge in [0.15, 0.2) is 0 Å². The molecule has 0 aliphatic rings. The minimum absolute atomic E-state index is 0.0334. The van der Waals surface area contributed by atoms with Gasteiger partial charge in [0.1, 0.15) is 0 Å². The Kier molecular flexibility index (Phi) is 6.36. The SMILES string of the molecule is CC(O)CCNC(=O)CC(C)c1ccc(Br)cc1. The molecule has 0 aromatic heterocycles. The summed E-state index contributed by atoms with van der Waals surface area (Å²) in [6.07, 6.45) is 0.703. The number of aliphatic hydroxyl groups excluding tert-OH is 1. The monoisotopic (exact) mass is 313 g/mol. The molecule has 18 heavy (non-hydrogen) atoms. The maximum Gasteiger partial charge on any atom is 0.220 e. The van der Waals surface area contributed by atoms with E-state index in [1.165, 1.54) is 0 Å². The molecule has 0 aliphatic carbocycles. The van der Waals surface area contributed by atoms with E-state index in [1.54, 1.807) is 6.92 Å². The van der Waals surface area contributed by atoms with Crippen molar-refractivity contribution in [3.8, 4) is 0 Å². The Morgan fingerprint density at radius 1 is 1.33 bits per heavy atom. The zero-order valence-corrected chi connectivity index (χ0v) is 12.4. The van der Waals surface area contributed by atoms with Crippen molar-refractivity contribution in [3.05, 3.63) is 34.3 Å². The molecule has 0 saturated heterocycles. The molecule has 2 N–H and O–H groups in total. The van der Waals surface area contributed by atoms with Crippen molar-refractivity contribution >= 4 is 21.8 Å². The van der Waals surface area contributed by atoms with Crippen LogP contribution >= 0.6 is 15.9 Å². The first-order valence-electron chi connectivity index (χ1n) is 6.19. The Morgan fingerprint density at radius 3 is 2.50 bits per heavy atom. The Balaban J connectivity index is 2.37. The molecule has 0 bridgehead atoms. The van der Waals surface area contributed by atoms with Gasteiger partial charge in [-0.3, -0.25) is 4.79 Å². The van der Waals surface area contributed by atoms with Crippen LogP contribution in [0.5, 0.6) is 0 Å². The summed E-state index contributed by atoms with van der Waals surface area (Å²) in [5, 5.41) is 11.9. The van der Waals surface area contributed by atoms with Crippen molar-refractivity contribution in [2.75, 3.05) is 6.54 Å². The molecule has 100 valence electrons. The first-order chi connectivity index (χ1) is 8.49. The molecule has 0 saturated carbocycles. The molecule has 0 aliphatic heterocycles. The minimum atomic E-state index is -0.366. The van der Waals surface area contributed by atoms with Crippen molar-refractivity contribution in [2.24, 2.45) is 0 Å². The Labute approximate surface area is 117 Å². The predicted molar refractivity (Wildman–Crippen MR) is 76.5 cm³/mol. The van der Waals surface area contributed by atoms with Crippen LogP contribution in [0.4, 0.5) is 0 Å². The van der Waals surface area contributed by atoms with E-state index in [9.17, 15) is 4.79 Å². The molecule has 0 fully saturated rings. The molecule has 1 aromatic rings. The highest BCUT2D eigenvalue weighted by Crippen LogP contribution is 2.21. The Hall–Kier alpha value is -0.870. The van der Waals surface area contributed by atoms with E-state index in [1.807, 2.05) is 31.2 Å². The number of nitrogens with one attached hydrogen (secondary N) is 1. The molecular weight excluding hydrogens is 294 g/mol. The molecule has 0 radical (unpaired) electrons. The maximum atomic E-state index is 11.7. The number of halogens is 1. The van der Waals surface area contributed by atoms with Gasteiger partial charge in [0.25, 0.3) is 0 Å². The van der Waals surface area contributed by atoms with Crippen LogP contribution in [0.3, 0.4) is 0 Å². The average Bonchev–Trinajstić information content (AvgIpc) is 2.29. The number of benzene rings is 1. The fourth-order valence-electron chi connectivity index (χ4n) is 1.68. The number of aliphatic hydroxyl groups is 1. The second-order valence-electron chi connectivity index (χ2n) is 4.64. The summed E-state index contributed by atoms with van der Waals surface area (Å²) in [5.41, 5.74) is 1.16. The molecule has 0 spiro atoms. The fraction of sp³-hybridized carbons (Fsp3) is 0.500. The first kappa shape index (κ1) is 15.2. The average molecular weight is 314 g/mol. The minimum Gasteiger partial charge on any atom is -0.393 e. The van der Waals surface area contributed by atoms with Gasteiger partial charge in [-0.15, -0.1) is 0 Å². The van der Waals surface area contributed by atoms with Gasteiger partial charge in [-0.1, -0.05) is 35.0 Å². The lowest BCUT2D eigenvalue weighted by Crippen LogP contribution is -2.27. The number of hydrogen-bond donors (Lipinski definition) is 2. The third kappa shape index (κ3) is 5.65. The zero-order chi connectivity index (χ0) is 13.5. The number of hydrogen-bond acceptors (Lipinski definition) is 2. The summed E-state index contributed by atoms with van der Waals surface area (Å²) in [6.45, 7) is 4.29. The van der Waals surface area contributed by atoms with E-state index >= 15 is 0 Å². The molecular formula is C14H20BrNO2. The van der Waals surface area contributed by atoms with Gasteiger partial charge in [0.2, 0.25) is 5.91 Å². The highest BCUT2D eigenvalue weighted by atomic mass is 79.9. The van der Waals surface area contributed by atoms with E-state index in [0.29, 0.717) is 19.4 Å². The fourth-order valence-corrected chi connectivity index (χ4v) is 1.94. The quantitative estimate of drug-likeness (QED) is 0.848. The normalized spacial score (nSPS) is 14.0. The third-order valence-electron chi connectivity index (χ3n) is 2.81. The smallest absolute Gasteiger partial charge is 0.220 e. The summed E-state index contributed by atoms with van der Waals surface area (Å²) in [5.74, 6) is 0.232. The summed E-state index contributed by atoms with van der Waals surface area (Å²) < 4.78 is 1.04. The third-order valence-corrected chi connectivity index (χ3v) is 3.34. The van der Waals surface area contributed by atoms with Crippen molar-refractivity contribution < 1.29 is 9.90 Å². The van der Waals surface area contributed by atoms with Crippen LogP contribution in [0.15, 0.2) is 28.7 Å². The molecule has 4 heteroatoms. The van der Waals surface area contributed by atoms with Gasteiger partial charge >= 0.3 is 0 Å². The van der Waals surface area contributed by atoms with Crippen LogP contribution < -0.4 is 5.32 Å². The van der Waals surface area contributed by atoms with E-state index < -0.39 is 0 Å². The van der Waals surface area contributed by atoms with Crippen LogP contribution in [0.1, 0.15) is 38.2 Å². The second kappa shape index (κ2) is 7.54. The van der Waals surface area contributed by atoms with Gasteiger partial charge in [0.05, 0.1) is 6.10 Å². The number of carbonyl (C=O) groups excluding carboxylic acids is 1. The summed E-state index contributed by atoms with van der Waals surface area (Å²) >= 11 is 3.39. The molecule has 3 nitrogen and oxygen atoms in total. The molecule has 1 amide bonds. The van der Waals surface area contributed by atoms with E-state index in [0.717, 1.165) is 10.0 Å². The van der Waals surface area contributed by atoms with Gasteiger partial charge in [-0.05, 0) is 37.0 Å². The Bertz CT molecular complexity index is 376. The molecule has 1 rings (SSSR count). The summed E-state index contributed by atoms with van der Waals surface area (Å²) in [7, 11) is 0. The molecule has 2 unspecified atom stereocenters. The maximum absolute atomic E-state index is 11.7. The topological polar surface area (TPSA) is 49.3 Å². The number of rotatable bonds is 6. The van der Waals surface area contributed by atoms with Crippen molar-refractivity contribution in [3.63, 3.8) is 0 Å². The van der Waals surface area contributed by atoms with Crippen LogP contribution in [0.25, 0.3) is 0 Å². The number of carbonyl (C=O) groups is 1. The van der Waals surface area contributed by atoms with E-state index in [4.69, 9.17) is 5.11 Å². The summed E-state index contributed by atoms with van der Waals surface area (Å²) in [6, 6.07) is 8.02. The van der Waals surface area contributed by atoms with Gasteiger partial charge in [-0.2, -0.15) is 0 Å². The largest absolute Gasteiger partial charge is 0.393 e. The molecule has 1 aromatic carbocycles. The van der Waals surface area contributed by atoms with Crippen LogP contribution in [0, 0.1) is 0 Å². The first-order valence-corrected chi connectivity index (χ1v) is 6.98. The lowest BCUT2D eigenvalue weighted by Gasteiger charge is -2.12. The highest BCUT2D eigenvalue weighted by Gasteiger charge is 2.11. The van der Waals surface area contributed by atoms with Gasteiger partial charge < -0.3 is 10.4 Å². The molecule has 0 heterocycles. The highest BCUT2D eigenvalue weighted by molar-refractivity contribution is 9.10. The predicted octanol–water partition coefficient (Wildman–Crippen LogP) is 2.83.